The summed E-state index contributed by atoms with van der Waals surface area (Å²) in [6.07, 6.45) is 3.82. The van der Waals surface area contributed by atoms with Gasteiger partial charge in [0.2, 0.25) is 0 Å². The van der Waals surface area contributed by atoms with Crippen molar-refractivity contribution in [2.75, 3.05) is 47.1 Å². The third-order valence-corrected chi connectivity index (χ3v) is 2.60. The molecule has 0 fully saturated rings. The molecule has 0 unspecified atom stereocenters. The third kappa shape index (κ3) is 11.6. The van der Waals surface area contributed by atoms with E-state index in [1.807, 2.05) is 0 Å². The highest BCUT2D eigenvalue weighted by atomic mass is 16.5. The molecule has 102 valence electrons. The van der Waals surface area contributed by atoms with E-state index in [1.54, 1.807) is 14.2 Å². The van der Waals surface area contributed by atoms with Gasteiger partial charge in [0, 0.05) is 40.3 Å². The summed E-state index contributed by atoms with van der Waals surface area (Å²) in [5.41, 5.74) is 5.32. The lowest BCUT2D eigenvalue weighted by Gasteiger charge is -2.21. The third-order valence-electron chi connectivity index (χ3n) is 2.60. The maximum atomic E-state index is 7.15. The Morgan fingerprint density at radius 2 is 1.65 bits per heavy atom. The van der Waals surface area contributed by atoms with Gasteiger partial charge in [0.25, 0.3) is 0 Å². The van der Waals surface area contributed by atoms with Gasteiger partial charge in [-0.05, 0) is 25.8 Å². The van der Waals surface area contributed by atoms with E-state index in [4.69, 9.17) is 20.6 Å². The smallest absolute Gasteiger partial charge is 0.0905 e. The van der Waals surface area contributed by atoms with Crippen molar-refractivity contribution in [1.29, 1.82) is 5.41 Å². The fourth-order valence-electron chi connectivity index (χ4n) is 1.64. The van der Waals surface area contributed by atoms with Gasteiger partial charge < -0.3 is 20.1 Å². The maximum Gasteiger partial charge on any atom is 0.0905 e. The van der Waals surface area contributed by atoms with E-state index in [-0.39, 0.29) is 5.84 Å². The molecule has 3 N–H and O–H groups in total. The van der Waals surface area contributed by atoms with Crippen molar-refractivity contribution >= 4 is 5.84 Å². The molecule has 0 aliphatic carbocycles. The fourth-order valence-corrected chi connectivity index (χ4v) is 1.64. The Bertz CT molecular complexity index is 189. The Labute approximate surface area is 105 Å². The summed E-state index contributed by atoms with van der Waals surface area (Å²) in [6, 6.07) is 0. The van der Waals surface area contributed by atoms with Crippen molar-refractivity contribution in [1.82, 2.24) is 4.90 Å². The zero-order chi connectivity index (χ0) is 12.9. The van der Waals surface area contributed by atoms with Crippen molar-refractivity contribution in [3.8, 4) is 0 Å². The lowest BCUT2D eigenvalue weighted by Crippen LogP contribution is -2.30. The fraction of sp³-hybridized carbons (Fsp3) is 0.917. The number of hydrogen-bond acceptors (Lipinski definition) is 4. The molecular formula is C12H27N3O2. The molecule has 0 aromatic carbocycles. The van der Waals surface area contributed by atoms with Gasteiger partial charge in [-0.25, -0.2) is 0 Å². The molecule has 0 aliphatic heterocycles. The standard InChI is InChI=1S/C12H27N3O2/c1-16-10-5-8-15(9-11-17-2)7-4-3-6-12(13)14/h3-11H2,1-2H3,(H3,13,14). The van der Waals surface area contributed by atoms with Gasteiger partial charge in [-0.15, -0.1) is 0 Å². The first kappa shape index (κ1) is 16.4. The summed E-state index contributed by atoms with van der Waals surface area (Å²) in [5, 5.41) is 7.15. The van der Waals surface area contributed by atoms with Gasteiger partial charge in [-0.3, -0.25) is 5.41 Å². The van der Waals surface area contributed by atoms with E-state index in [1.165, 1.54) is 0 Å². The van der Waals surface area contributed by atoms with Crippen LogP contribution in [0.5, 0.6) is 0 Å². The Hall–Kier alpha value is -0.650. The highest BCUT2D eigenvalue weighted by Gasteiger charge is 2.04. The summed E-state index contributed by atoms with van der Waals surface area (Å²) < 4.78 is 10.1. The Balaban J connectivity index is 3.64. The molecule has 0 aromatic heterocycles. The number of nitrogens with zero attached hydrogens (tertiary/aromatic N) is 1. The van der Waals surface area contributed by atoms with Crippen LogP contribution in [0.1, 0.15) is 25.7 Å². The lowest BCUT2D eigenvalue weighted by atomic mass is 10.2. The van der Waals surface area contributed by atoms with Crippen LogP contribution in [0.3, 0.4) is 0 Å². The largest absolute Gasteiger partial charge is 0.388 e. The van der Waals surface area contributed by atoms with E-state index in [9.17, 15) is 0 Å². The lowest BCUT2D eigenvalue weighted by molar-refractivity contribution is 0.132. The van der Waals surface area contributed by atoms with Crippen LogP contribution < -0.4 is 5.73 Å². The van der Waals surface area contributed by atoms with E-state index < -0.39 is 0 Å². The summed E-state index contributed by atoms with van der Waals surface area (Å²) in [7, 11) is 3.45. The molecule has 0 aromatic rings. The van der Waals surface area contributed by atoms with Crippen molar-refractivity contribution in [3.05, 3.63) is 0 Å². The number of amidine groups is 1. The normalized spacial score (nSPS) is 11.0. The number of nitrogens with one attached hydrogen (secondary N) is 1. The highest BCUT2D eigenvalue weighted by molar-refractivity contribution is 5.76. The van der Waals surface area contributed by atoms with Crippen molar-refractivity contribution in [3.63, 3.8) is 0 Å². The van der Waals surface area contributed by atoms with Crippen LogP contribution in [-0.2, 0) is 9.47 Å². The first-order valence-corrected chi connectivity index (χ1v) is 6.23. The summed E-state index contributed by atoms with van der Waals surface area (Å²) in [6.45, 7) is 4.61. The predicted molar refractivity (Wildman–Crippen MR) is 70.6 cm³/mol. The number of nitrogens with two attached hydrogens (primary N) is 1. The molecule has 0 radical (unpaired) electrons. The van der Waals surface area contributed by atoms with Gasteiger partial charge >= 0.3 is 0 Å². The van der Waals surface area contributed by atoms with Gasteiger partial charge in [-0.1, -0.05) is 0 Å². The van der Waals surface area contributed by atoms with E-state index in [2.05, 4.69) is 4.90 Å². The van der Waals surface area contributed by atoms with Gasteiger partial charge in [0.1, 0.15) is 0 Å². The van der Waals surface area contributed by atoms with Crippen LogP contribution in [-0.4, -0.2) is 57.8 Å². The zero-order valence-corrected chi connectivity index (χ0v) is 11.2. The maximum absolute atomic E-state index is 7.15. The van der Waals surface area contributed by atoms with Gasteiger partial charge in [0.15, 0.2) is 0 Å². The second kappa shape index (κ2) is 11.8. The monoisotopic (exact) mass is 245 g/mol. The van der Waals surface area contributed by atoms with Crippen LogP contribution >= 0.6 is 0 Å². The quantitative estimate of drug-likeness (QED) is 0.306. The molecule has 0 aliphatic rings. The van der Waals surface area contributed by atoms with Crippen LogP contribution in [0.2, 0.25) is 0 Å². The Morgan fingerprint density at radius 3 is 2.24 bits per heavy atom. The molecule has 0 saturated heterocycles. The number of unbranched alkanes of at least 4 members (excludes halogenated alkanes) is 1. The number of ether oxygens (including phenoxy) is 2. The SMILES string of the molecule is COCCCN(CCCCC(=N)N)CCOC. The van der Waals surface area contributed by atoms with Gasteiger partial charge in [0.05, 0.1) is 12.4 Å². The molecule has 0 amide bonds. The van der Waals surface area contributed by atoms with E-state index >= 15 is 0 Å². The average molecular weight is 245 g/mol. The molecule has 0 heterocycles. The highest BCUT2D eigenvalue weighted by Crippen LogP contribution is 2.00. The first-order valence-electron chi connectivity index (χ1n) is 6.23. The summed E-state index contributed by atoms with van der Waals surface area (Å²) in [5.74, 6) is 0.285. The van der Waals surface area contributed by atoms with Crippen LogP contribution in [0.25, 0.3) is 0 Å². The minimum Gasteiger partial charge on any atom is -0.388 e. The van der Waals surface area contributed by atoms with Crippen LogP contribution in [0, 0.1) is 5.41 Å². The molecule has 0 spiro atoms. The Morgan fingerprint density at radius 1 is 1.00 bits per heavy atom. The average Bonchev–Trinajstić information content (AvgIpc) is 2.30. The second-order valence-corrected chi connectivity index (χ2v) is 4.16. The molecule has 17 heavy (non-hydrogen) atoms. The second-order valence-electron chi connectivity index (χ2n) is 4.16. The van der Waals surface area contributed by atoms with Crippen molar-refractivity contribution in [2.24, 2.45) is 5.73 Å². The zero-order valence-electron chi connectivity index (χ0n) is 11.2. The molecule has 0 saturated carbocycles. The molecule has 5 heteroatoms. The molecule has 0 rings (SSSR count). The Kier molecular flexibility index (Phi) is 11.4. The number of methoxy groups -OCH3 is 2. The number of rotatable bonds is 12. The van der Waals surface area contributed by atoms with E-state index in [0.717, 1.165) is 52.1 Å². The van der Waals surface area contributed by atoms with Crippen LogP contribution in [0.4, 0.5) is 0 Å². The molecule has 0 bridgehead atoms. The van der Waals surface area contributed by atoms with Crippen molar-refractivity contribution < 1.29 is 9.47 Å². The molecule has 5 nitrogen and oxygen atoms in total. The summed E-state index contributed by atoms with van der Waals surface area (Å²) in [4.78, 5) is 2.38. The predicted octanol–water partition coefficient (Wildman–Crippen LogP) is 1.08. The topological polar surface area (TPSA) is 71.6 Å². The molecule has 0 atom stereocenters. The van der Waals surface area contributed by atoms with E-state index in [0.29, 0.717) is 6.42 Å². The molecular weight excluding hydrogens is 218 g/mol. The minimum atomic E-state index is 0.285. The first-order chi connectivity index (χ1) is 8.20. The van der Waals surface area contributed by atoms with Gasteiger partial charge in [-0.2, -0.15) is 0 Å². The van der Waals surface area contributed by atoms with Crippen LogP contribution in [0.15, 0.2) is 0 Å². The summed E-state index contributed by atoms with van der Waals surface area (Å²) >= 11 is 0. The van der Waals surface area contributed by atoms with Crippen molar-refractivity contribution in [2.45, 2.75) is 25.7 Å². The minimum absolute atomic E-state index is 0.285. The number of hydrogen-bond donors (Lipinski definition) is 2.